The SMILES string of the molecule is C[C@@H]1CCc2c(sc3nc(/C(Cl)=C/c4ccc(F)cc4)[nH]c(=O)c23)C1. The van der Waals surface area contributed by atoms with Gasteiger partial charge in [-0.3, -0.25) is 4.79 Å². The Balaban J connectivity index is 1.78. The van der Waals surface area contributed by atoms with Gasteiger partial charge >= 0.3 is 0 Å². The van der Waals surface area contributed by atoms with Crippen LogP contribution in [0.5, 0.6) is 0 Å². The molecule has 1 atom stereocenters. The second-order valence-corrected chi connectivity index (χ2v) is 7.98. The summed E-state index contributed by atoms with van der Waals surface area (Å²) >= 11 is 7.93. The van der Waals surface area contributed by atoms with Crippen LogP contribution < -0.4 is 5.56 Å². The fraction of sp³-hybridized carbons (Fsp3) is 0.263. The van der Waals surface area contributed by atoms with Crippen LogP contribution in [0, 0.1) is 11.7 Å². The maximum absolute atomic E-state index is 13.0. The zero-order valence-corrected chi connectivity index (χ0v) is 15.2. The third-order valence-corrected chi connectivity index (χ3v) is 5.99. The number of benzene rings is 1. The van der Waals surface area contributed by atoms with Crippen molar-refractivity contribution >= 4 is 44.3 Å². The number of aryl methyl sites for hydroxylation is 1. The normalized spacial score (nSPS) is 17.7. The van der Waals surface area contributed by atoms with Gasteiger partial charge in [-0.2, -0.15) is 0 Å². The van der Waals surface area contributed by atoms with E-state index in [9.17, 15) is 9.18 Å². The van der Waals surface area contributed by atoms with Crippen molar-refractivity contribution in [3.63, 3.8) is 0 Å². The molecule has 0 spiro atoms. The lowest BCUT2D eigenvalue weighted by Gasteiger charge is -2.17. The number of fused-ring (bicyclic) bond motifs is 3. The molecule has 128 valence electrons. The molecule has 3 nitrogen and oxygen atoms in total. The quantitative estimate of drug-likeness (QED) is 0.687. The molecule has 1 aliphatic rings. The number of rotatable bonds is 2. The van der Waals surface area contributed by atoms with Crippen molar-refractivity contribution in [1.29, 1.82) is 0 Å². The number of nitrogens with zero attached hydrogens (tertiary/aromatic N) is 1. The Morgan fingerprint density at radius 1 is 1.40 bits per heavy atom. The van der Waals surface area contributed by atoms with Gasteiger partial charge in [-0.25, -0.2) is 9.37 Å². The molecule has 3 aromatic rings. The van der Waals surface area contributed by atoms with Gasteiger partial charge in [-0.1, -0.05) is 30.7 Å². The standard InChI is InChI=1S/C19H16ClFN2OS/c1-10-2-7-13-15(8-10)25-19-16(13)18(24)22-17(23-19)14(20)9-11-3-5-12(21)6-4-11/h3-6,9-10H,2,7-8H2,1H3,(H,22,23,24)/b14-9-/t10-/m1/s1. The molecule has 2 heterocycles. The summed E-state index contributed by atoms with van der Waals surface area (Å²) in [6.07, 6.45) is 4.70. The molecule has 0 aliphatic heterocycles. The van der Waals surface area contributed by atoms with E-state index in [0.29, 0.717) is 22.2 Å². The van der Waals surface area contributed by atoms with Crippen LogP contribution in [0.4, 0.5) is 4.39 Å². The highest BCUT2D eigenvalue weighted by atomic mass is 35.5. The second-order valence-electron chi connectivity index (χ2n) is 6.49. The highest BCUT2D eigenvalue weighted by Gasteiger charge is 2.23. The number of nitrogens with one attached hydrogen (secondary N) is 1. The van der Waals surface area contributed by atoms with Gasteiger partial charge in [0, 0.05) is 4.88 Å². The number of aromatic nitrogens is 2. The summed E-state index contributed by atoms with van der Waals surface area (Å²) in [6, 6.07) is 5.98. The molecule has 4 rings (SSSR count). The summed E-state index contributed by atoms with van der Waals surface area (Å²) in [6.45, 7) is 2.23. The third-order valence-electron chi connectivity index (χ3n) is 4.56. The van der Waals surface area contributed by atoms with Gasteiger partial charge in [0.25, 0.3) is 5.56 Å². The Labute approximate surface area is 153 Å². The average molecular weight is 375 g/mol. The molecule has 0 saturated heterocycles. The van der Waals surface area contributed by atoms with Gasteiger partial charge in [-0.15, -0.1) is 11.3 Å². The van der Waals surface area contributed by atoms with E-state index >= 15 is 0 Å². The molecule has 25 heavy (non-hydrogen) atoms. The summed E-state index contributed by atoms with van der Waals surface area (Å²) < 4.78 is 13.0. The van der Waals surface area contributed by atoms with Crippen LogP contribution in [0.3, 0.4) is 0 Å². The van der Waals surface area contributed by atoms with Gasteiger partial charge in [-0.05, 0) is 54.5 Å². The van der Waals surface area contributed by atoms with E-state index < -0.39 is 0 Å². The van der Waals surface area contributed by atoms with Gasteiger partial charge in [0.15, 0.2) is 5.82 Å². The largest absolute Gasteiger partial charge is 0.305 e. The van der Waals surface area contributed by atoms with Gasteiger partial charge in [0.1, 0.15) is 10.6 Å². The number of aromatic amines is 1. The van der Waals surface area contributed by atoms with Gasteiger partial charge < -0.3 is 4.98 Å². The molecule has 0 amide bonds. The monoisotopic (exact) mass is 374 g/mol. The number of H-pyrrole nitrogens is 1. The predicted octanol–water partition coefficient (Wildman–Crippen LogP) is 4.99. The lowest BCUT2D eigenvalue weighted by molar-refractivity contribution is 0.509. The first-order chi connectivity index (χ1) is 12.0. The lowest BCUT2D eigenvalue weighted by Crippen LogP contribution is -2.14. The van der Waals surface area contributed by atoms with Crippen molar-refractivity contribution in [3.8, 4) is 0 Å². The number of hydrogen-bond acceptors (Lipinski definition) is 3. The maximum atomic E-state index is 13.0. The highest BCUT2D eigenvalue weighted by Crippen LogP contribution is 2.36. The van der Waals surface area contributed by atoms with Crippen LogP contribution in [-0.2, 0) is 12.8 Å². The summed E-state index contributed by atoms with van der Waals surface area (Å²) in [5.41, 5.74) is 1.75. The van der Waals surface area contributed by atoms with Crippen molar-refractivity contribution in [2.45, 2.75) is 26.2 Å². The molecule has 2 aromatic heterocycles. The minimum atomic E-state index is -0.306. The van der Waals surface area contributed by atoms with Gasteiger partial charge in [0.2, 0.25) is 0 Å². The van der Waals surface area contributed by atoms with E-state index in [0.717, 1.165) is 35.2 Å². The third kappa shape index (κ3) is 3.14. The van der Waals surface area contributed by atoms with Crippen LogP contribution in [0.1, 0.15) is 35.2 Å². The van der Waals surface area contributed by atoms with Crippen molar-refractivity contribution in [1.82, 2.24) is 9.97 Å². The van der Waals surface area contributed by atoms with Gasteiger partial charge in [0.05, 0.1) is 10.4 Å². The Bertz CT molecular complexity index is 1040. The topological polar surface area (TPSA) is 45.8 Å². The van der Waals surface area contributed by atoms with Crippen LogP contribution in [-0.4, -0.2) is 9.97 Å². The number of thiophene rings is 1. The summed E-state index contributed by atoms with van der Waals surface area (Å²) in [7, 11) is 0. The second kappa shape index (κ2) is 6.39. The molecule has 0 fully saturated rings. The molecule has 0 radical (unpaired) electrons. The average Bonchev–Trinajstić information content (AvgIpc) is 2.94. The van der Waals surface area contributed by atoms with Crippen molar-refractivity contribution in [2.24, 2.45) is 5.92 Å². The zero-order valence-electron chi connectivity index (χ0n) is 13.6. The number of halogens is 2. The minimum Gasteiger partial charge on any atom is -0.305 e. The van der Waals surface area contributed by atoms with Crippen molar-refractivity contribution in [3.05, 3.63) is 62.3 Å². The Morgan fingerprint density at radius 2 is 2.16 bits per heavy atom. The van der Waals surface area contributed by atoms with E-state index in [1.165, 1.54) is 17.0 Å². The molecule has 1 aliphatic carbocycles. The van der Waals surface area contributed by atoms with E-state index in [1.807, 2.05) is 0 Å². The molecule has 1 N–H and O–H groups in total. The molecule has 1 aromatic carbocycles. The Kier molecular flexibility index (Phi) is 4.21. The van der Waals surface area contributed by atoms with E-state index in [1.54, 1.807) is 29.5 Å². The van der Waals surface area contributed by atoms with E-state index in [-0.39, 0.29) is 11.4 Å². The summed E-state index contributed by atoms with van der Waals surface area (Å²) in [5, 5.41) is 1.03. The first kappa shape index (κ1) is 16.5. The van der Waals surface area contributed by atoms with Crippen LogP contribution in [0.2, 0.25) is 0 Å². The molecule has 0 saturated carbocycles. The summed E-state index contributed by atoms with van der Waals surface area (Å²) in [4.78, 5) is 22.0. The maximum Gasteiger partial charge on any atom is 0.260 e. The molecular formula is C19H16ClFN2OS. The molecule has 0 bridgehead atoms. The Morgan fingerprint density at radius 3 is 2.92 bits per heavy atom. The minimum absolute atomic E-state index is 0.141. The highest BCUT2D eigenvalue weighted by molar-refractivity contribution is 7.18. The fourth-order valence-corrected chi connectivity index (χ4v) is 4.83. The molecule has 0 unspecified atom stereocenters. The van der Waals surface area contributed by atoms with Crippen LogP contribution in [0.25, 0.3) is 21.3 Å². The lowest BCUT2D eigenvalue weighted by atomic mass is 9.89. The molecule has 6 heteroatoms. The predicted molar refractivity (Wildman–Crippen MR) is 102 cm³/mol. The summed E-state index contributed by atoms with van der Waals surface area (Å²) in [5.74, 6) is 0.677. The van der Waals surface area contributed by atoms with E-state index in [4.69, 9.17) is 11.6 Å². The first-order valence-corrected chi connectivity index (χ1v) is 9.38. The smallest absolute Gasteiger partial charge is 0.260 e. The fourth-order valence-electron chi connectivity index (χ4n) is 3.24. The van der Waals surface area contributed by atoms with E-state index in [2.05, 4.69) is 16.9 Å². The number of hydrogen-bond donors (Lipinski definition) is 1. The molecular weight excluding hydrogens is 359 g/mol. The first-order valence-electron chi connectivity index (χ1n) is 8.19. The van der Waals surface area contributed by atoms with Crippen LogP contribution in [0.15, 0.2) is 29.1 Å². The van der Waals surface area contributed by atoms with Crippen molar-refractivity contribution < 1.29 is 4.39 Å². The zero-order chi connectivity index (χ0) is 17.6. The van der Waals surface area contributed by atoms with Crippen molar-refractivity contribution in [2.75, 3.05) is 0 Å². The van der Waals surface area contributed by atoms with Crippen LogP contribution >= 0.6 is 22.9 Å². The Hall–Kier alpha value is -1.98.